The molecule has 162 valence electrons. The molecule has 1 aliphatic heterocycles. The highest BCUT2D eigenvalue weighted by molar-refractivity contribution is 6.22. The summed E-state index contributed by atoms with van der Waals surface area (Å²) >= 11 is 0. The molecule has 31 heavy (non-hydrogen) atoms. The molecule has 7 nitrogen and oxygen atoms in total. The van der Waals surface area contributed by atoms with Crippen molar-refractivity contribution in [2.45, 2.75) is 12.8 Å². The minimum atomic E-state index is -0.213. The highest BCUT2D eigenvalue weighted by atomic mass is 16.3. The standard InChI is InChI=1S/C24H28N4O3/c1-27(2)11-9-14-13-25-22-15(5-7-18(29)20(14)22)16-6-8-19(30)21-17(10-12-28(3)4)24(31)26-23(16)21/h5-8,13,25,29H,9-12H2,1-4H3,(H,26,31). The molecule has 0 unspecified atom stereocenters. The Hall–Kier alpha value is -3.16. The van der Waals surface area contributed by atoms with Gasteiger partial charge in [-0.25, -0.2) is 0 Å². The smallest absolute Gasteiger partial charge is 0.252 e. The van der Waals surface area contributed by atoms with Gasteiger partial charge in [0.25, 0.3) is 5.91 Å². The number of nitrogens with zero attached hydrogens (tertiary/aromatic N) is 2. The lowest BCUT2D eigenvalue weighted by molar-refractivity contribution is -0.116. The number of phenols is 1. The third-order valence-electron chi connectivity index (χ3n) is 5.80. The van der Waals surface area contributed by atoms with Crippen LogP contribution in [0.25, 0.3) is 16.5 Å². The molecule has 0 fully saturated rings. The lowest BCUT2D eigenvalue weighted by Gasteiger charge is -2.16. The number of aromatic hydroxyl groups is 1. The summed E-state index contributed by atoms with van der Waals surface area (Å²) in [6.45, 7) is 1.54. The zero-order valence-corrected chi connectivity index (χ0v) is 18.4. The number of phenolic OH excluding ortho intramolecular Hbond substituents is 1. The number of hydrogen-bond donors (Lipinski definition) is 3. The average molecular weight is 421 g/mol. The van der Waals surface area contributed by atoms with E-state index in [2.05, 4.69) is 15.2 Å². The second-order valence-electron chi connectivity index (χ2n) is 8.60. The van der Waals surface area contributed by atoms with Crippen LogP contribution in [0.4, 0.5) is 0 Å². The first-order chi connectivity index (χ1) is 14.8. The summed E-state index contributed by atoms with van der Waals surface area (Å²) in [5.41, 5.74) is 4.99. The molecule has 0 atom stereocenters. The van der Waals surface area contributed by atoms with Crippen molar-refractivity contribution in [1.82, 2.24) is 20.1 Å². The molecule has 3 N–H and O–H groups in total. The van der Waals surface area contributed by atoms with Gasteiger partial charge in [-0.2, -0.15) is 0 Å². The maximum absolute atomic E-state index is 12.7. The number of carbonyl (C=O) groups is 2. The molecule has 2 aliphatic rings. The molecule has 2 heterocycles. The van der Waals surface area contributed by atoms with Crippen LogP contribution >= 0.6 is 0 Å². The molecule has 0 spiro atoms. The SMILES string of the molecule is CN(C)CCC1=C2C(=O)C=CC(c3ccc(O)c4c(CCN(C)C)c[nH]c34)=C2NC1=O. The first kappa shape index (κ1) is 21.1. The molecule has 7 heteroatoms. The van der Waals surface area contributed by atoms with Gasteiger partial charge in [-0.15, -0.1) is 0 Å². The summed E-state index contributed by atoms with van der Waals surface area (Å²) in [4.78, 5) is 32.8. The van der Waals surface area contributed by atoms with Gasteiger partial charge >= 0.3 is 0 Å². The number of rotatable bonds is 7. The van der Waals surface area contributed by atoms with Crippen LogP contribution in [0, 0.1) is 0 Å². The monoisotopic (exact) mass is 420 g/mol. The van der Waals surface area contributed by atoms with Crippen LogP contribution in [0.5, 0.6) is 5.75 Å². The number of hydrogen-bond acceptors (Lipinski definition) is 5. The second kappa shape index (κ2) is 8.17. The largest absolute Gasteiger partial charge is 0.507 e. The number of amides is 1. The van der Waals surface area contributed by atoms with Gasteiger partial charge in [0.15, 0.2) is 5.78 Å². The third-order valence-corrected chi connectivity index (χ3v) is 5.80. The van der Waals surface area contributed by atoms with Crippen LogP contribution in [0.3, 0.4) is 0 Å². The van der Waals surface area contributed by atoms with E-state index in [-0.39, 0.29) is 17.4 Å². The molecule has 0 saturated carbocycles. The minimum absolute atomic E-state index is 0.154. The van der Waals surface area contributed by atoms with Crippen molar-refractivity contribution >= 4 is 28.2 Å². The molecule has 1 aromatic carbocycles. The number of carbonyl (C=O) groups excluding carboxylic acids is 2. The zero-order valence-electron chi connectivity index (χ0n) is 18.4. The molecule has 2 aromatic rings. The Morgan fingerprint density at radius 3 is 2.39 bits per heavy atom. The predicted molar refractivity (Wildman–Crippen MR) is 122 cm³/mol. The highest BCUT2D eigenvalue weighted by Gasteiger charge is 2.34. The maximum atomic E-state index is 12.7. The lowest BCUT2D eigenvalue weighted by atomic mass is 9.89. The third kappa shape index (κ3) is 3.82. The first-order valence-electron chi connectivity index (χ1n) is 10.4. The number of H-pyrrole nitrogens is 1. The Morgan fingerprint density at radius 2 is 1.68 bits per heavy atom. The number of benzene rings is 1. The van der Waals surface area contributed by atoms with Crippen molar-refractivity contribution in [2.75, 3.05) is 41.3 Å². The summed E-state index contributed by atoms with van der Waals surface area (Å²) in [7, 11) is 7.91. The Bertz CT molecular complexity index is 1160. The molecular weight excluding hydrogens is 392 g/mol. The molecule has 1 aliphatic carbocycles. The van der Waals surface area contributed by atoms with Crippen molar-refractivity contribution in [1.29, 1.82) is 0 Å². The summed E-state index contributed by atoms with van der Waals surface area (Å²) < 4.78 is 0. The summed E-state index contributed by atoms with van der Waals surface area (Å²) in [5, 5.41) is 14.3. The number of aromatic amines is 1. The van der Waals surface area contributed by atoms with Gasteiger partial charge in [0.1, 0.15) is 5.75 Å². The van der Waals surface area contributed by atoms with Crippen LogP contribution in [0.15, 0.2) is 47.3 Å². The van der Waals surface area contributed by atoms with Crippen molar-refractivity contribution in [3.8, 4) is 5.75 Å². The van der Waals surface area contributed by atoms with E-state index < -0.39 is 0 Å². The van der Waals surface area contributed by atoms with E-state index in [0.717, 1.165) is 40.6 Å². The van der Waals surface area contributed by atoms with E-state index in [0.29, 0.717) is 29.8 Å². The van der Waals surface area contributed by atoms with Gasteiger partial charge in [0.2, 0.25) is 0 Å². The van der Waals surface area contributed by atoms with Gasteiger partial charge in [0.05, 0.1) is 16.8 Å². The van der Waals surface area contributed by atoms with E-state index in [9.17, 15) is 14.7 Å². The van der Waals surface area contributed by atoms with Gasteiger partial charge in [0, 0.05) is 41.4 Å². The van der Waals surface area contributed by atoms with Crippen LogP contribution in [-0.4, -0.2) is 72.9 Å². The fourth-order valence-corrected chi connectivity index (χ4v) is 4.18. The number of fused-ring (bicyclic) bond motifs is 2. The Kier molecular flexibility index (Phi) is 5.56. The molecule has 1 aromatic heterocycles. The fourth-order valence-electron chi connectivity index (χ4n) is 4.18. The van der Waals surface area contributed by atoms with E-state index in [4.69, 9.17) is 0 Å². The van der Waals surface area contributed by atoms with E-state index in [1.165, 1.54) is 6.08 Å². The quantitative estimate of drug-likeness (QED) is 0.639. The molecule has 1 amide bonds. The Morgan fingerprint density at radius 1 is 0.968 bits per heavy atom. The van der Waals surface area contributed by atoms with Gasteiger partial charge < -0.3 is 25.2 Å². The van der Waals surface area contributed by atoms with Crippen molar-refractivity contribution in [3.63, 3.8) is 0 Å². The second-order valence-corrected chi connectivity index (χ2v) is 8.60. The Labute approximate surface area is 181 Å². The van der Waals surface area contributed by atoms with E-state index in [1.54, 1.807) is 12.1 Å². The lowest BCUT2D eigenvalue weighted by Crippen LogP contribution is -2.20. The van der Waals surface area contributed by atoms with Crippen LogP contribution < -0.4 is 5.32 Å². The molecule has 0 radical (unpaired) electrons. The molecule has 0 saturated heterocycles. The van der Waals surface area contributed by atoms with Crippen LogP contribution in [0.1, 0.15) is 17.5 Å². The topological polar surface area (TPSA) is 88.7 Å². The summed E-state index contributed by atoms with van der Waals surface area (Å²) in [6, 6.07) is 3.50. The number of aromatic nitrogens is 1. The van der Waals surface area contributed by atoms with Gasteiger partial charge in [-0.3, -0.25) is 9.59 Å². The van der Waals surface area contributed by atoms with E-state index in [1.807, 2.05) is 45.4 Å². The summed E-state index contributed by atoms with van der Waals surface area (Å²) in [5.74, 6) is -0.151. The molecule has 4 rings (SSSR count). The Balaban J connectivity index is 1.83. The molecular formula is C24H28N4O3. The van der Waals surface area contributed by atoms with Crippen LogP contribution in [0.2, 0.25) is 0 Å². The normalized spacial score (nSPS) is 16.3. The average Bonchev–Trinajstić information content (AvgIpc) is 3.28. The number of ketones is 1. The van der Waals surface area contributed by atoms with Gasteiger partial charge in [-0.1, -0.05) is 0 Å². The minimum Gasteiger partial charge on any atom is -0.507 e. The molecule has 0 bridgehead atoms. The highest BCUT2D eigenvalue weighted by Crippen LogP contribution is 2.39. The summed E-state index contributed by atoms with van der Waals surface area (Å²) in [6.07, 6.45) is 6.50. The van der Waals surface area contributed by atoms with Crippen molar-refractivity contribution in [2.24, 2.45) is 0 Å². The number of likely N-dealkylation sites (N-methyl/N-ethyl adjacent to an activating group) is 1. The van der Waals surface area contributed by atoms with E-state index >= 15 is 0 Å². The maximum Gasteiger partial charge on any atom is 0.252 e. The first-order valence-corrected chi connectivity index (χ1v) is 10.4. The van der Waals surface area contributed by atoms with Crippen molar-refractivity contribution < 1.29 is 14.7 Å². The number of allylic oxidation sites excluding steroid dienone is 4. The van der Waals surface area contributed by atoms with Gasteiger partial charge in [-0.05, 0) is 70.9 Å². The van der Waals surface area contributed by atoms with Crippen molar-refractivity contribution in [3.05, 3.63) is 58.5 Å². The number of nitrogens with one attached hydrogen (secondary N) is 2. The van der Waals surface area contributed by atoms with Crippen LogP contribution in [-0.2, 0) is 16.0 Å². The zero-order chi connectivity index (χ0) is 22.3. The predicted octanol–water partition coefficient (Wildman–Crippen LogP) is 2.21. The fraction of sp³-hybridized carbons (Fsp3) is 0.333.